The van der Waals surface area contributed by atoms with E-state index in [0.29, 0.717) is 6.54 Å². The average Bonchev–Trinajstić information content (AvgIpc) is 2.67. The Bertz CT molecular complexity index is 808. The summed E-state index contributed by atoms with van der Waals surface area (Å²) in [5, 5.41) is 7.73. The number of likely N-dealkylation sites (N-methyl/N-ethyl adjacent to an activating group) is 1. The van der Waals surface area contributed by atoms with Crippen LogP contribution in [0.5, 0.6) is 0 Å². The summed E-state index contributed by atoms with van der Waals surface area (Å²) >= 11 is 0. The van der Waals surface area contributed by atoms with E-state index in [4.69, 9.17) is 0 Å². The molecule has 0 aliphatic heterocycles. The minimum Gasteiger partial charge on any atom is -0.334 e. The summed E-state index contributed by atoms with van der Waals surface area (Å²) in [6.45, 7) is 2.32. The predicted molar refractivity (Wildman–Crippen MR) is 109 cm³/mol. The van der Waals surface area contributed by atoms with Crippen molar-refractivity contribution in [3.8, 4) is 0 Å². The Kier molecular flexibility index (Phi) is 8.17. The molecule has 0 aliphatic carbocycles. The molecule has 4 amide bonds. The van der Waals surface area contributed by atoms with Crippen molar-refractivity contribution in [2.75, 3.05) is 25.5 Å². The number of imide groups is 1. The largest absolute Gasteiger partial charge is 0.334 e. The molecule has 2 rings (SSSR count). The molecule has 28 heavy (non-hydrogen) atoms. The lowest BCUT2D eigenvalue weighted by Gasteiger charge is -2.16. The van der Waals surface area contributed by atoms with Crippen molar-refractivity contribution in [3.05, 3.63) is 65.7 Å². The van der Waals surface area contributed by atoms with Gasteiger partial charge in [0.05, 0.1) is 13.1 Å². The highest BCUT2D eigenvalue weighted by molar-refractivity contribution is 5.96. The van der Waals surface area contributed by atoms with Gasteiger partial charge in [-0.05, 0) is 30.7 Å². The van der Waals surface area contributed by atoms with Gasteiger partial charge >= 0.3 is 6.03 Å². The second-order valence-corrected chi connectivity index (χ2v) is 6.45. The summed E-state index contributed by atoms with van der Waals surface area (Å²) in [5.41, 5.74) is 2.76. The molecule has 0 saturated carbocycles. The number of amides is 4. The Morgan fingerprint density at radius 2 is 1.54 bits per heavy atom. The molecule has 0 aromatic heterocycles. The van der Waals surface area contributed by atoms with Crippen LogP contribution in [-0.2, 0) is 22.6 Å². The summed E-state index contributed by atoms with van der Waals surface area (Å²) < 4.78 is 0. The first-order chi connectivity index (χ1) is 13.5. The maximum absolute atomic E-state index is 12.2. The molecule has 0 saturated heterocycles. The standard InChI is InChI=1S/C21H26N4O3/c1-3-17-11-7-8-12-18(17)23-19(26)14-25(2)15-20(27)24-21(28)22-13-16-9-5-4-6-10-16/h4-12H,3,13-15H2,1-2H3,(H,23,26)(H2,22,24,27,28). The van der Waals surface area contributed by atoms with E-state index in [-0.39, 0.29) is 19.0 Å². The lowest BCUT2D eigenvalue weighted by molar-refractivity contribution is -0.122. The molecule has 3 N–H and O–H groups in total. The number of carbonyl (C=O) groups is 3. The van der Waals surface area contributed by atoms with Gasteiger partial charge in [-0.3, -0.25) is 19.8 Å². The third-order valence-electron chi connectivity index (χ3n) is 4.05. The predicted octanol–water partition coefficient (Wildman–Crippen LogP) is 2.15. The molecule has 0 atom stereocenters. The van der Waals surface area contributed by atoms with Crippen LogP contribution in [0.15, 0.2) is 54.6 Å². The van der Waals surface area contributed by atoms with E-state index in [1.165, 1.54) is 0 Å². The van der Waals surface area contributed by atoms with Gasteiger partial charge in [-0.1, -0.05) is 55.5 Å². The van der Waals surface area contributed by atoms with E-state index in [9.17, 15) is 14.4 Å². The summed E-state index contributed by atoms with van der Waals surface area (Å²) in [6.07, 6.45) is 0.812. The van der Waals surface area contributed by atoms with Crippen molar-refractivity contribution < 1.29 is 14.4 Å². The minimum atomic E-state index is -0.566. The number of hydrogen-bond donors (Lipinski definition) is 3. The Balaban J connectivity index is 1.72. The number of urea groups is 1. The van der Waals surface area contributed by atoms with Crippen LogP contribution in [0.25, 0.3) is 0 Å². The van der Waals surface area contributed by atoms with Gasteiger partial charge in [0, 0.05) is 12.2 Å². The number of benzene rings is 2. The van der Waals surface area contributed by atoms with E-state index >= 15 is 0 Å². The molecule has 2 aromatic carbocycles. The van der Waals surface area contributed by atoms with Gasteiger partial charge in [0.15, 0.2) is 0 Å². The molecule has 0 radical (unpaired) electrons. The molecule has 0 bridgehead atoms. The quantitative estimate of drug-likeness (QED) is 0.652. The SMILES string of the molecule is CCc1ccccc1NC(=O)CN(C)CC(=O)NC(=O)NCc1ccccc1. The van der Waals surface area contributed by atoms with Gasteiger partial charge in [-0.25, -0.2) is 4.79 Å². The number of hydrogen-bond acceptors (Lipinski definition) is 4. The molecule has 2 aromatic rings. The molecule has 0 spiro atoms. The van der Waals surface area contributed by atoms with Gasteiger partial charge in [0.25, 0.3) is 0 Å². The van der Waals surface area contributed by atoms with Crippen molar-refractivity contribution in [3.63, 3.8) is 0 Å². The van der Waals surface area contributed by atoms with Crippen molar-refractivity contribution in [1.82, 2.24) is 15.5 Å². The van der Waals surface area contributed by atoms with Crippen LogP contribution in [0.3, 0.4) is 0 Å². The zero-order chi connectivity index (χ0) is 20.4. The fraction of sp³-hybridized carbons (Fsp3) is 0.286. The van der Waals surface area contributed by atoms with Crippen molar-refractivity contribution >= 4 is 23.5 Å². The number of nitrogens with one attached hydrogen (secondary N) is 3. The Morgan fingerprint density at radius 1 is 0.893 bits per heavy atom. The third-order valence-corrected chi connectivity index (χ3v) is 4.05. The van der Waals surface area contributed by atoms with E-state index in [2.05, 4.69) is 16.0 Å². The number of carbonyl (C=O) groups excluding carboxylic acids is 3. The monoisotopic (exact) mass is 382 g/mol. The second-order valence-electron chi connectivity index (χ2n) is 6.45. The van der Waals surface area contributed by atoms with Crippen LogP contribution in [0.2, 0.25) is 0 Å². The highest BCUT2D eigenvalue weighted by Gasteiger charge is 2.14. The normalized spacial score (nSPS) is 10.4. The highest BCUT2D eigenvalue weighted by Crippen LogP contribution is 2.15. The van der Waals surface area contributed by atoms with Crippen molar-refractivity contribution in [2.45, 2.75) is 19.9 Å². The van der Waals surface area contributed by atoms with Gasteiger partial charge in [0.2, 0.25) is 11.8 Å². The molecule has 0 fully saturated rings. The van der Waals surface area contributed by atoms with Gasteiger partial charge in [0.1, 0.15) is 0 Å². The Morgan fingerprint density at radius 3 is 2.25 bits per heavy atom. The first-order valence-corrected chi connectivity index (χ1v) is 9.15. The number of aryl methyl sites for hydroxylation is 1. The molecule has 0 aliphatic rings. The zero-order valence-electron chi connectivity index (χ0n) is 16.2. The molecular formula is C21H26N4O3. The van der Waals surface area contributed by atoms with Gasteiger partial charge < -0.3 is 10.6 Å². The minimum absolute atomic E-state index is 0.0388. The Hall–Kier alpha value is -3.19. The molecule has 0 heterocycles. The maximum atomic E-state index is 12.2. The number of para-hydroxylation sites is 1. The van der Waals surface area contributed by atoms with Crippen molar-refractivity contribution in [1.29, 1.82) is 0 Å². The first kappa shape index (κ1) is 21.1. The fourth-order valence-electron chi connectivity index (χ4n) is 2.68. The molecule has 7 heteroatoms. The van der Waals surface area contributed by atoms with E-state index in [1.54, 1.807) is 11.9 Å². The lowest BCUT2D eigenvalue weighted by Crippen LogP contribution is -2.44. The molecule has 148 valence electrons. The number of anilines is 1. The van der Waals surface area contributed by atoms with Gasteiger partial charge in [-0.15, -0.1) is 0 Å². The topological polar surface area (TPSA) is 90.5 Å². The molecule has 7 nitrogen and oxygen atoms in total. The fourth-order valence-corrected chi connectivity index (χ4v) is 2.68. The van der Waals surface area contributed by atoms with Crippen LogP contribution >= 0.6 is 0 Å². The van der Waals surface area contributed by atoms with Crippen LogP contribution in [0.1, 0.15) is 18.1 Å². The molecule has 0 unspecified atom stereocenters. The van der Waals surface area contributed by atoms with Gasteiger partial charge in [-0.2, -0.15) is 0 Å². The summed E-state index contributed by atoms with van der Waals surface area (Å²) in [6, 6.07) is 16.4. The van der Waals surface area contributed by atoms with E-state index < -0.39 is 11.9 Å². The van der Waals surface area contributed by atoms with Crippen LogP contribution in [0.4, 0.5) is 10.5 Å². The highest BCUT2D eigenvalue weighted by atomic mass is 16.2. The summed E-state index contributed by atoms with van der Waals surface area (Å²) in [5.74, 6) is -0.695. The van der Waals surface area contributed by atoms with E-state index in [0.717, 1.165) is 23.2 Å². The van der Waals surface area contributed by atoms with Crippen molar-refractivity contribution in [2.24, 2.45) is 0 Å². The summed E-state index contributed by atoms with van der Waals surface area (Å²) in [4.78, 5) is 37.5. The third kappa shape index (κ3) is 7.20. The number of rotatable bonds is 8. The van der Waals surface area contributed by atoms with Crippen LogP contribution in [0, 0.1) is 0 Å². The Labute approximate surface area is 165 Å². The maximum Gasteiger partial charge on any atom is 0.321 e. The second kappa shape index (κ2) is 10.8. The summed E-state index contributed by atoms with van der Waals surface area (Å²) in [7, 11) is 1.65. The number of nitrogens with zero attached hydrogens (tertiary/aromatic N) is 1. The lowest BCUT2D eigenvalue weighted by atomic mass is 10.1. The smallest absolute Gasteiger partial charge is 0.321 e. The first-order valence-electron chi connectivity index (χ1n) is 9.15. The molecular weight excluding hydrogens is 356 g/mol. The van der Waals surface area contributed by atoms with Crippen LogP contribution in [-0.4, -0.2) is 42.9 Å². The average molecular weight is 382 g/mol. The van der Waals surface area contributed by atoms with Crippen LogP contribution < -0.4 is 16.0 Å². The zero-order valence-corrected chi connectivity index (χ0v) is 16.2. The van der Waals surface area contributed by atoms with E-state index in [1.807, 2.05) is 61.5 Å².